The SMILES string of the molecule is c1ccc2c(c1)-c1cnccc1C2(c1ccc(-c2ccc(C3(c4ccc5ccccc5c4)c4ccccc4-c4cnccc43)cc2)cc1)c1ccc2ccccc2c1. The van der Waals surface area contributed by atoms with E-state index in [4.69, 9.17) is 0 Å². The van der Waals surface area contributed by atoms with E-state index in [1.54, 1.807) is 0 Å². The van der Waals surface area contributed by atoms with Gasteiger partial charge in [-0.25, -0.2) is 0 Å². The Kier molecular flexibility index (Phi) is 7.09. The van der Waals surface area contributed by atoms with Crippen LogP contribution in [-0.4, -0.2) is 9.97 Å². The molecule has 8 aromatic carbocycles. The summed E-state index contributed by atoms with van der Waals surface area (Å²) in [5, 5.41) is 4.96. The van der Waals surface area contributed by atoms with Crippen LogP contribution in [0.5, 0.6) is 0 Å². The molecule has 2 heterocycles. The number of hydrogen-bond donors (Lipinski definition) is 0. The molecule has 0 radical (unpaired) electrons. The zero-order valence-electron chi connectivity index (χ0n) is 31.7. The lowest BCUT2D eigenvalue weighted by atomic mass is 9.67. The molecule has 2 aliphatic carbocycles. The van der Waals surface area contributed by atoms with Gasteiger partial charge in [0.05, 0.1) is 10.8 Å². The summed E-state index contributed by atoms with van der Waals surface area (Å²) in [7, 11) is 0. The van der Waals surface area contributed by atoms with Crippen LogP contribution in [0, 0.1) is 0 Å². The smallest absolute Gasteiger partial charge is 0.0714 e. The summed E-state index contributed by atoms with van der Waals surface area (Å²) in [5.41, 5.74) is 16.3. The van der Waals surface area contributed by atoms with Gasteiger partial charge in [0.15, 0.2) is 0 Å². The van der Waals surface area contributed by atoms with Crippen molar-refractivity contribution in [2.75, 3.05) is 0 Å². The van der Waals surface area contributed by atoms with Crippen molar-refractivity contribution in [2.24, 2.45) is 0 Å². The molecule has 2 aromatic heterocycles. The second-order valence-electron chi connectivity index (χ2n) is 15.7. The molecular weight excluding hydrogens is 701 g/mol. The summed E-state index contributed by atoms with van der Waals surface area (Å²) < 4.78 is 0. The average Bonchev–Trinajstić information content (AvgIpc) is 3.78. The molecule has 2 atom stereocenters. The first kappa shape index (κ1) is 32.8. The fourth-order valence-electron chi connectivity index (χ4n) is 10.5. The third-order valence-electron chi connectivity index (χ3n) is 13.0. The Morgan fingerprint density at radius 2 is 0.638 bits per heavy atom. The monoisotopic (exact) mass is 736 g/mol. The number of aromatic nitrogens is 2. The molecule has 0 bridgehead atoms. The highest BCUT2D eigenvalue weighted by Gasteiger charge is 2.47. The van der Waals surface area contributed by atoms with Crippen LogP contribution in [0.4, 0.5) is 0 Å². The lowest BCUT2D eigenvalue weighted by Gasteiger charge is -2.34. The van der Waals surface area contributed by atoms with Gasteiger partial charge in [-0.05, 0) is 113 Å². The van der Waals surface area contributed by atoms with Crippen molar-refractivity contribution in [1.82, 2.24) is 9.97 Å². The molecule has 12 rings (SSSR count). The Morgan fingerprint density at radius 3 is 1.09 bits per heavy atom. The second kappa shape index (κ2) is 12.5. The van der Waals surface area contributed by atoms with Crippen LogP contribution < -0.4 is 0 Å². The van der Waals surface area contributed by atoms with Gasteiger partial charge in [-0.1, -0.05) is 170 Å². The molecule has 58 heavy (non-hydrogen) atoms. The van der Waals surface area contributed by atoms with E-state index in [1.807, 2.05) is 24.8 Å². The summed E-state index contributed by atoms with van der Waals surface area (Å²) in [5.74, 6) is 0. The summed E-state index contributed by atoms with van der Waals surface area (Å²) >= 11 is 0. The van der Waals surface area contributed by atoms with E-state index in [0.717, 1.165) is 0 Å². The number of hydrogen-bond acceptors (Lipinski definition) is 2. The minimum absolute atomic E-state index is 0.494. The first-order chi connectivity index (χ1) is 28.7. The van der Waals surface area contributed by atoms with Crippen molar-refractivity contribution in [3.8, 4) is 33.4 Å². The minimum atomic E-state index is -0.494. The maximum atomic E-state index is 4.61. The van der Waals surface area contributed by atoms with E-state index < -0.39 is 10.8 Å². The van der Waals surface area contributed by atoms with E-state index in [9.17, 15) is 0 Å². The Bertz CT molecular complexity index is 2920. The number of benzene rings is 8. The Morgan fingerprint density at radius 1 is 0.276 bits per heavy atom. The zero-order chi connectivity index (χ0) is 38.3. The third kappa shape index (κ3) is 4.49. The molecule has 0 fully saturated rings. The van der Waals surface area contributed by atoms with Gasteiger partial charge in [0.25, 0.3) is 0 Å². The van der Waals surface area contributed by atoms with Gasteiger partial charge in [-0.3, -0.25) is 9.97 Å². The molecule has 0 saturated heterocycles. The third-order valence-corrected chi connectivity index (χ3v) is 13.0. The highest BCUT2D eigenvalue weighted by Crippen LogP contribution is 2.58. The van der Waals surface area contributed by atoms with Gasteiger partial charge < -0.3 is 0 Å². The first-order valence-electron chi connectivity index (χ1n) is 20.0. The largest absolute Gasteiger partial charge is 0.264 e. The molecular formula is C56H36N2. The molecule has 0 aliphatic heterocycles. The summed E-state index contributed by atoms with van der Waals surface area (Å²) in [6.45, 7) is 0. The summed E-state index contributed by atoms with van der Waals surface area (Å²) in [6, 6.07) is 72.0. The highest BCUT2D eigenvalue weighted by atomic mass is 14.6. The van der Waals surface area contributed by atoms with Crippen molar-refractivity contribution in [3.05, 3.63) is 263 Å². The fourth-order valence-corrected chi connectivity index (χ4v) is 10.5. The van der Waals surface area contributed by atoms with E-state index in [0.29, 0.717) is 0 Å². The number of rotatable bonds is 5. The predicted molar refractivity (Wildman–Crippen MR) is 237 cm³/mol. The van der Waals surface area contributed by atoms with Crippen molar-refractivity contribution < 1.29 is 0 Å². The molecule has 2 unspecified atom stereocenters. The van der Waals surface area contributed by atoms with Crippen LogP contribution in [0.15, 0.2) is 219 Å². The topological polar surface area (TPSA) is 25.8 Å². The molecule has 10 aromatic rings. The van der Waals surface area contributed by atoms with E-state index in [1.165, 1.54) is 99.4 Å². The number of fused-ring (bicyclic) bond motifs is 8. The maximum Gasteiger partial charge on any atom is 0.0714 e. The fraction of sp³-hybridized carbons (Fsp3) is 0.0357. The van der Waals surface area contributed by atoms with Gasteiger partial charge in [0, 0.05) is 35.9 Å². The van der Waals surface area contributed by atoms with Gasteiger partial charge in [0.1, 0.15) is 0 Å². The molecule has 0 spiro atoms. The Balaban J connectivity index is 1.01. The van der Waals surface area contributed by atoms with Crippen molar-refractivity contribution in [3.63, 3.8) is 0 Å². The summed E-state index contributed by atoms with van der Waals surface area (Å²) in [6.07, 6.45) is 7.96. The van der Waals surface area contributed by atoms with E-state index in [2.05, 4.69) is 204 Å². The molecule has 2 aliphatic rings. The zero-order valence-corrected chi connectivity index (χ0v) is 31.7. The van der Waals surface area contributed by atoms with Gasteiger partial charge in [0.2, 0.25) is 0 Å². The predicted octanol–water partition coefficient (Wildman–Crippen LogP) is 13.2. The first-order valence-corrected chi connectivity index (χ1v) is 20.0. The standard InChI is InChI=1S/C56H36N2/c1-3-11-41-33-45(27-21-37(41)9-1)55(51-15-7-5-13-47(51)49-35-57-31-29-53(49)55)43-23-17-39(18-24-43)40-19-25-44(26-20-40)56(46-28-22-38-10-2-4-12-42(38)34-46)52-16-8-6-14-48(52)50-36-58-32-30-54(50)56/h1-36H. The normalized spacial score (nSPS) is 17.4. The van der Waals surface area contributed by atoms with Crippen molar-refractivity contribution in [2.45, 2.75) is 10.8 Å². The molecule has 2 heteroatoms. The van der Waals surface area contributed by atoms with Gasteiger partial charge in [-0.2, -0.15) is 0 Å². The molecule has 0 amide bonds. The molecule has 0 saturated carbocycles. The van der Waals surface area contributed by atoms with Gasteiger partial charge in [-0.15, -0.1) is 0 Å². The van der Waals surface area contributed by atoms with Gasteiger partial charge >= 0.3 is 0 Å². The highest BCUT2D eigenvalue weighted by molar-refractivity contribution is 5.91. The van der Waals surface area contributed by atoms with Crippen LogP contribution in [0.3, 0.4) is 0 Å². The van der Waals surface area contributed by atoms with Crippen LogP contribution in [0.25, 0.3) is 54.9 Å². The van der Waals surface area contributed by atoms with Crippen LogP contribution >= 0.6 is 0 Å². The van der Waals surface area contributed by atoms with E-state index in [-0.39, 0.29) is 0 Å². The summed E-state index contributed by atoms with van der Waals surface area (Å²) in [4.78, 5) is 9.21. The molecule has 0 N–H and O–H groups in total. The Hall–Kier alpha value is -7.42. The van der Waals surface area contributed by atoms with Crippen LogP contribution in [-0.2, 0) is 10.8 Å². The van der Waals surface area contributed by atoms with Crippen LogP contribution in [0.2, 0.25) is 0 Å². The van der Waals surface area contributed by atoms with Crippen molar-refractivity contribution in [1.29, 1.82) is 0 Å². The van der Waals surface area contributed by atoms with Crippen LogP contribution in [0.1, 0.15) is 44.5 Å². The average molecular weight is 737 g/mol. The number of pyridine rings is 2. The minimum Gasteiger partial charge on any atom is -0.264 e. The lowest BCUT2D eigenvalue weighted by Crippen LogP contribution is -2.28. The number of nitrogens with zero attached hydrogens (tertiary/aromatic N) is 2. The lowest BCUT2D eigenvalue weighted by molar-refractivity contribution is 0.768. The maximum absolute atomic E-state index is 4.61. The Labute approximate surface area is 337 Å². The molecule has 270 valence electrons. The second-order valence-corrected chi connectivity index (χ2v) is 15.7. The van der Waals surface area contributed by atoms with E-state index >= 15 is 0 Å². The van der Waals surface area contributed by atoms with Crippen molar-refractivity contribution >= 4 is 21.5 Å². The quantitative estimate of drug-likeness (QED) is 0.176. The molecule has 2 nitrogen and oxygen atoms in total.